The molecule has 1 N–H and O–H groups in total. The van der Waals surface area contributed by atoms with Crippen LogP contribution >= 0.6 is 0 Å². The number of pyridine rings is 1. The molecule has 2 aliphatic heterocycles. The van der Waals surface area contributed by atoms with E-state index in [1.807, 2.05) is 12.3 Å². The van der Waals surface area contributed by atoms with E-state index in [4.69, 9.17) is 4.74 Å². The van der Waals surface area contributed by atoms with Gasteiger partial charge in [0.15, 0.2) is 0 Å². The van der Waals surface area contributed by atoms with Crippen molar-refractivity contribution in [3.8, 4) is 0 Å². The molecule has 2 fully saturated rings. The molecule has 0 unspecified atom stereocenters. The zero-order valence-corrected chi connectivity index (χ0v) is 14.2. The Hall–Kier alpha value is -1.39. The van der Waals surface area contributed by atoms with Crippen LogP contribution in [0, 0.1) is 5.92 Å². The molecule has 0 aromatic carbocycles. The second-order valence-corrected chi connectivity index (χ2v) is 7.25. The quantitative estimate of drug-likeness (QED) is 0.930. The number of hydrogen-bond donors (Lipinski definition) is 1. The Morgan fingerprint density at radius 1 is 1.30 bits per heavy atom. The van der Waals surface area contributed by atoms with Gasteiger partial charge < -0.3 is 9.72 Å². The maximum Gasteiger partial charge on any atom is 0.137 e. The highest BCUT2D eigenvalue weighted by molar-refractivity contribution is 5.81. The number of nitrogens with zero attached hydrogens (tertiary/aromatic N) is 2. The third-order valence-corrected chi connectivity index (χ3v) is 5.83. The number of likely N-dealkylation sites (tertiary alicyclic amines) is 1. The molecular formula is C19H27N3O. The normalized spacial score (nSPS) is 29.4. The van der Waals surface area contributed by atoms with Crippen molar-refractivity contribution in [2.45, 2.75) is 58.2 Å². The first-order chi connectivity index (χ1) is 11.2. The standard InChI is InChI=1S/C19H27N3O/c1-13-6-4-10-22(14(13)2)12-16-15-7-3-9-20-19(15)21-18(16)17-8-5-11-23-17/h3,7,9,13-14,17H,4-6,8,10-12H2,1-2H3,(H,20,21)/t13-,14+,17+/m0/s1. The molecule has 4 heterocycles. The summed E-state index contributed by atoms with van der Waals surface area (Å²) in [7, 11) is 0. The van der Waals surface area contributed by atoms with Gasteiger partial charge in [-0.25, -0.2) is 4.98 Å². The number of H-pyrrole nitrogens is 1. The number of fused-ring (bicyclic) bond motifs is 1. The molecule has 2 saturated heterocycles. The van der Waals surface area contributed by atoms with Crippen LogP contribution in [0.4, 0.5) is 0 Å². The van der Waals surface area contributed by atoms with E-state index in [1.165, 1.54) is 36.0 Å². The fraction of sp³-hybridized carbons (Fsp3) is 0.632. The van der Waals surface area contributed by atoms with Crippen LogP contribution in [-0.2, 0) is 11.3 Å². The van der Waals surface area contributed by atoms with Gasteiger partial charge in [-0.1, -0.05) is 6.92 Å². The van der Waals surface area contributed by atoms with E-state index >= 15 is 0 Å². The molecule has 2 aromatic rings. The Kier molecular flexibility index (Phi) is 4.12. The Bertz CT molecular complexity index is 674. The molecule has 2 aliphatic rings. The second-order valence-electron chi connectivity index (χ2n) is 7.25. The van der Waals surface area contributed by atoms with Gasteiger partial charge >= 0.3 is 0 Å². The minimum absolute atomic E-state index is 0.219. The van der Waals surface area contributed by atoms with E-state index in [2.05, 4.69) is 34.8 Å². The van der Waals surface area contributed by atoms with Gasteiger partial charge in [-0.3, -0.25) is 4.90 Å². The average Bonchev–Trinajstić information content (AvgIpc) is 3.20. The molecule has 4 nitrogen and oxygen atoms in total. The van der Waals surface area contributed by atoms with Crippen molar-refractivity contribution in [3.05, 3.63) is 29.6 Å². The van der Waals surface area contributed by atoms with Gasteiger partial charge in [-0.05, 0) is 62.8 Å². The van der Waals surface area contributed by atoms with E-state index in [9.17, 15) is 0 Å². The molecule has 124 valence electrons. The predicted octanol–water partition coefficient (Wildman–Crippen LogP) is 4.03. The SMILES string of the molecule is C[C@@H]1[C@@H](C)CCCN1Cc1c([C@H]2CCCO2)[nH]c2ncccc12. The lowest BCUT2D eigenvalue weighted by molar-refractivity contribution is 0.0965. The fourth-order valence-electron chi connectivity index (χ4n) is 4.19. The Labute approximate surface area is 138 Å². The summed E-state index contributed by atoms with van der Waals surface area (Å²) in [5, 5.41) is 1.27. The summed E-state index contributed by atoms with van der Waals surface area (Å²) in [5.74, 6) is 0.776. The number of nitrogens with one attached hydrogen (secondary N) is 1. The molecule has 3 atom stereocenters. The monoisotopic (exact) mass is 313 g/mol. The summed E-state index contributed by atoms with van der Waals surface area (Å²) < 4.78 is 5.97. The lowest BCUT2D eigenvalue weighted by Gasteiger charge is -2.38. The number of ether oxygens (including phenoxy) is 1. The van der Waals surface area contributed by atoms with E-state index in [1.54, 1.807) is 0 Å². The summed E-state index contributed by atoms with van der Waals surface area (Å²) in [6, 6.07) is 4.88. The van der Waals surface area contributed by atoms with Crippen LogP contribution in [0.3, 0.4) is 0 Å². The van der Waals surface area contributed by atoms with Crippen LogP contribution in [0.25, 0.3) is 11.0 Å². The highest BCUT2D eigenvalue weighted by Crippen LogP contribution is 2.35. The molecule has 2 aromatic heterocycles. The zero-order valence-electron chi connectivity index (χ0n) is 14.2. The van der Waals surface area contributed by atoms with Crippen LogP contribution in [0.15, 0.2) is 18.3 Å². The van der Waals surface area contributed by atoms with Crippen LogP contribution in [0.1, 0.15) is 56.9 Å². The highest BCUT2D eigenvalue weighted by atomic mass is 16.5. The second kappa shape index (κ2) is 6.25. The molecule has 0 radical (unpaired) electrons. The summed E-state index contributed by atoms with van der Waals surface area (Å²) >= 11 is 0. The highest BCUT2D eigenvalue weighted by Gasteiger charge is 2.29. The van der Waals surface area contributed by atoms with E-state index in [-0.39, 0.29) is 6.10 Å². The van der Waals surface area contributed by atoms with Gasteiger partial charge in [-0.15, -0.1) is 0 Å². The summed E-state index contributed by atoms with van der Waals surface area (Å²) in [6.45, 7) is 7.84. The lowest BCUT2D eigenvalue weighted by Crippen LogP contribution is -2.41. The van der Waals surface area contributed by atoms with Crippen molar-refractivity contribution in [2.24, 2.45) is 5.92 Å². The first-order valence-electron chi connectivity index (χ1n) is 9.05. The largest absolute Gasteiger partial charge is 0.372 e. The summed E-state index contributed by atoms with van der Waals surface area (Å²) in [6.07, 6.45) is 7.02. The molecule has 23 heavy (non-hydrogen) atoms. The number of piperidine rings is 1. The number of aromatic amines is 1. The molecule has 0 bridgehead atoms. The third-order valence-electron chi connectivity index (χ3n) is 5.83. The predicted molar refractivity (Wildman–Crippen MR) is 92.3 cm³/mol. The van der Waals surface area contributed by atoms with E-state index < -0.39 is 0 Å². The number of rotatable bonds is 3. The third kappa shape index (κ3) is 2.79. The van der Waals surface area contributed by atoms with Crippen molar-refractivity contribution in [3.63, 3.8) is 0 Å². The van der Waals surface area contributed by atoms with Gasteiger partial charge in [0.05, 0.1) is 11.8 Å². The van der Waals surface area contributed by atoms with Crippen LogP contribution < -0.4 is 0 Å². The van der Waals surface area contributed by atoms with E-state index in [0.717, 1.165) is 37.6 Å². The molecular weight excluding hydrogens is 286 g/mol. The van der Waals surface area contributed by atoms with Crippen molar-refractivity contribution < 1.29 is 4.74 Å². The zero-order chi connectivity index (χ0) is 15.8. The van der Waals surface area contributed by atoms with Gasteiger partial charge in [0, 0.05) is 30.8 Å². The molecule has 0 amide bonds. The smallest absolute Gasteiger partial charge is 0.137 e. The van der Waals surface area contributed by atoms with Crippen molar-refractivity contribution in [1.29, 1.82) is 0 Å². The Balaban J connectivity index is 1.70. The minimum atomic E-state index is 0.219. The van der Waals surface area contributed by atoms with Crippen LogP contribution in [-0.4, -0.2) is 34.1 Å². The molecule has 0 saturated carbocycles. The first-order valence-corrected chi connectivity index (χ1v) is 9.05. The first kappa shape index (κ1) is 15.2. The van der Waals surface area contributed by atoms with Crippen LogP contribution in [0.5, 0.6) is 0 Å². The van der Waals surface area contributed by atoms with Crippen LogP contribution in [0.2, 0.25) is 0 Å². The Morgan fingerprint density at radius 2 is 2.22 bits per heavy atom. The average molecular weight is 313 g/mol. The van der Waals surface area contributed by atoms with Crippen molar-refractivity contribution >= 4 is 11.0 Å². The maximum absolute atomic E-state index is 5.97. The van der Waals surface area contributed by atoms with Gasteiger partial charge in [-0.2, -0.15) is 0 Å². The topological polar surface area (TPSA) is 41.1 Å². The molecule has 0 aliphatic carbocycles. The Morgan fingerprint density at radius 3 is 3.04 bits per heavy atom. The minimum Gasteiger partial charge on any atom is -0.372 e. The maximum atomic E-state index is 5.97. The van der Waals surface area contributed by atoms with Gasteiger partial charge in [0.1, 0.15) is 5.65 Å². The van der Waals surface area contributed by atoms with Crippen molar-refractivity contribution in [2.75, 3.05) is 13.2 Å². The van der Waals surface area contributed by atoms with E-state index in [0.29, 0.717) is 6.04 Å². The van der Waals surface area contributed by atoms with Gasteiger partial charge in [0.25, 0.3) is 0 Å². The van der Waals surface area contributed by atoms with Crippen molar-refractivity contribution in [1.82, 2.24) is 14.9 Å². The number of hydrogen-bond acceptors (Lipinski definition) is 3. The molecule has 4 rings (SSSR count). The summed E-state index contributed by atoms with van der Waals surface area (Å²) in [5.41, 5.74) is 3.67. The molecule has 0 spiro atoms. The van der Waals surface area contributed by atoms with Gasteiger partial charge in [0.2, 0.25) is 0 Å². The number of aromatic nitrogens is 2. The summed E-state index contributed by atoms with van der Waals surface area (Å²) in [4.78, 5) is 10.7. The fourth-order valence-corrected chi connectivity index (χ4v) is 4.19. The molecule has 4 heteroatoms. The lowest BCUT2D eigenvalue weighted by atomic mass is 9.91.